The van der Waals surface area contributed by atoms with Crippen LogP contribution in [0.15, 0.2) is 55.0 Å². The molecule has 0 bridgehead atoms. The third-order valence-electron chi connectivity index (χ3n) is 5.12. The first-order chi connectivity index (χ1) is 15.5. The lowest BCUT2D eigenvalue weighted by atomic mass is 10.1. The summed E-state index contributed by atoms with van der Waals surface area (Å²) >= 11 is 0. The summed E-state index contributed by atoms with van der Waals surface area (Å²) in [6.45, 7) is 4.56. The zero-order valence-corrected chi connectivity index (χ0v) is 18.2. The molecule has 0 radical (unpaired) electrons. The molecule has 3 heterocycles. The van der Waals surface area contributed by atoms with Crippen LogP contribution in [0.1, 0.15) is 25.5 Å². The first-order valence-corrected chi connectivity index (χ1v) is 10.6. The smallest absolute Gasteiger partial charge is 0.309 e. The molecule has 9 nitrogen and oxygen atoms in total. The fourth-order valence-electron chi connectivity index (χ4n) is 3.35. The van der Waals surface area contributed by atoms with Crippen LogP contribution < -0.4 is 15.2 Å². The van der Waals surface area contributed by atoms with Crippen molar-refractivity contribution >= 4 is 22.9 Å². The largest absolute Gasteiger partial charge is 0.394 e. The highest BCUT2D eigenvalue weighted by molar-refractivity contribution is 5.81. The van der Waals surface area contributed by atoms with Crippen molar-refractivity contribution in [2.75, 3.05) is 23.8 Å². The second kappa shape index (κ2) is 9.71. The van der Waals surface area contributed by atoms with Crippen molar-refractivity contribution in [3.8, 4) is 11.3 Å². The lowest BCUT2D eigenvalue weighted by molar-refractivity contribution is -0.692. The van der Waals surface area contributed by atoms with E-state index in [9.17, 15) is 5.11 Å². The molecular formula is C23H28N7O2+. The maximum absolute atomic E-state index is 9.66. The summed E-state index contributed by atoms with van der Waals surface area (Å²) in [7, 11) is 0. The number of H-pyrrole nitrogens is 1. The predicted octanol–water partition coefficient (Wildman–Crippen LogP) is 2.27. The van der Waals surface area contributed by atoms with Crippen LogP contribution in [0.2, 0.25) is 0 Å². The van der Waals surface area contributed by atoms with Gasteiger partial charge in [-0.15, -0.1) is 0 Å². The maximum atomic E-state index is 9.66. The quantitative estimate of drug-likeness (QED) is 0.256. The zero-order chi connectivity index (χ0) is 22.5. The Kier molecular flexibility index (Phi) is 6.58. The molecular weight excluding hydrogens is 406 g/mol. The van der Waals surface area contributed by atoms with E-state index in [1.165, 1.54) is 0 Å². The summed E-state index contributed by atoms with van der Waals surface area (Å²) in [6, 6.07) is 14.3. The number of pyridine rings is 1. The Balaban J connectivity index is 1.56. The Morgan fingerprint density at radius 2 is 1.88 bits per heavy atom. The standard InChI is InChI=1S/C23H27N7O2/c1-15(2)30-14-27-20-21(28-23(29-22(20)30)26-12-18(32)13-31)25-11-16-6-8-17(9-7-16)19-5-3-4-10-24-19/h3-10,14-15,18,31-32H,11-13H2,1-2H3,(H2,25,26,28,29)/p+1/t18-/m0/s1. The van der Waals surface area contributed by atoms with Gasteiger partial charge in [-0.2, -0.15) is 4.98 Å². The molecule has 0 aliphatic carbocycles. The average molecular weight is 435 g/mol. The van der Waals surface area contributed by atoms with Gasteiger partial charge >= 0.3 is 11.6 Å². The van der Waals surface area contributed by atoms with Gasteiger partial charge < -0.3 is 20.8 Å². The Morgan fingerprint density at radius 1 is 1.06 bits per heavy atom. The number of aromatic amines is 1. The fourth-order valence-corrected chi connectivity index (χ4v) is 3.35. The van der Waals surface area contributed by atoms with Crippen molar-refractivity contribution in [2.24, 2.45) is 0 Å². The highest BCUT2D eigenvalue weighted by Crippen LogP contribution is 2.21. The normalized spacial score (nSPS) is 12.3. The van der Waals surface area contributed by atoms with E-state index >= 15 is 0 Å². The highest BCUT2D eigenvalue weighted by Gasteiger charge is 2.21. The van der Waals surface area contributed by atoms with Gasteiger partial charge in [0.15, 0.2) is 12.1 Å². The van der Waals surface area contributed by atoms with Gasteiger partial charge in [0.1, 0.15) is 0 Å². The minimum atomic E-state index is -0.883. The van der Waals surface area contributed by atoms with Gasteiger partial charge in [0.2, 0.25) is 5.52 Å². The van der Waals surface area contributed by atoms with Crippen LogP contribution in [-0.2, 0) is 6.54 Å². The number of aromatic nitrogens is 5. The van der Waals surface area contributed by atoms with Gasteiger partial charge in [-0.1, -0.05) is 35.3 Å². The number of hydrogen-bond acceptors (Lipinski definition) is 7. The maximum Gasteiger partial charge on any atom is 0.309 e. The number of aliphatic hydroxyl groups is 2. The van der Waals surface area contributed by atoms with E-state index in [0.717, 1.165) is 28.0 Å². The van der Waals surface area contributed by atoms with Crippen LogP contribution in [0.3, 0.4) is 0 Å². The van der Waals surface area contributed by atoms with E-state index in [1.54, 1.807) is 6.20 Å². The Bertz CT molecular complexity index is 1160. The molecule has 1 atom stereocenters. The zero-order valence-electron chi connectivity index (χ0n) is 18.2. The number of rotatable bonds is 9. The Hall–Kier alpha value is -3.56. The van der Waals surface area contributed by atoms with Crippen molar-refractivity contribution in [2.45, 2.75) is 32.5 Å². The number of anilines is 2. The van der Waals surface area contributed by atoms with Crippen molar-refractivity contribution in [1.29, 1.82) is 0 Å². The van der Waals surface area contributed by atoms with Crippen molar-refractivity contribution in [3.05, 3.63) is 60.6 Å². The molecule has 9 heteroatoms. The summed E-state index contributed by atoms with van der Waals surface area (Å²) in [5, 5.41) is 25.1. The van der Waals surface area contributed by atoms with Crippen LogP contribution in [0.25, 0.3) is 22.4 Å². The van der Waals surface area contributed by atoms with E-state index in [0.29, 0.717) is 18.3 Å². The van der Waals surface area contributed by atoms with E-state index < -0.39 is 6.10 Å². The number of imidazole rings is 1. The fraction of sp³-hybridized carbons (Fsp3) is 0.304. The molecule has 0 aliphatic heterocycles. The number of benzene rings is 1. The summed E-state index contributed by atoms with van der Waals surface area (Å²) in [6.07, 6.45) is 2.78. The van der Waals surface area contributed by atoms with Crippen molar-refractivity contribution in [3.63, 3.8) is 0 Å². The minimum absolute atomic E-state index is 0.155. The molecule has 0 aliphatic rings. The molecule has 166 valence electrons. The number of fused-ring (bicyclic) bond motifs is 1. The number of nitrogens with zero attached hydrogens (tertiary/aromatic N) is 4. The van der Waals surface area contributed by atoms with Gasteiger partial charge in [0, 0.05) is 24.8 Å². The molecule has 5 N–H and O–H groups in total. The topological polar surface area (TPSA) is 123 Å². The van der Waals surface area contributed by atoms with Gasteiger partial charge in [-0.25, -0.2) is 4.57 Å². The van der Waals surface area contributed by atoms with Crippen LogP contribution in [0.4, 0.5) is 11.8 Å². The predicted molar refractivity (Wildman–Crippen MR) is 123 cm³/mol. The molecule has 0 saturated heterocycles. The van der Waals surface area contributed by atoms with Gasteiger partial charge in [0.05, 0.1) is 24.4 Å². The number of nitrogens with one attached hydrogen (secondary N) is 3. The van der Waals surface area contributed by atoms with E-state index in [2.05, 4.69) is 68.7 Å². The molecule has 0 amide bonds. The van der Waals surface area contributed by atoms with Crippen LogP contribution >= 0.6 is 0 Å². The van der Waals surface area contributed by atoms with Crippen LogP contribution in [-0.4, -0.2) is 49.4 Å². The molecule has 32 heavy (non-hydrogen) atoms. The summed E-state index contributed by atoms with van der Waals surface area (Å²) in [5.41, 5.74) is 4.66. The lowest BCUT2D eigenvalue weighted by Gasteiger charge is -2.10. The number of hydrogen-bond donors (Lipinski definition) is 5. The highest BCUT2D eigenvalue weighted by atomic mass is 16.3. The van der Waals surface area contributed by atoms with Crippen LogP contribution in [0, 0.1) is 0 Å². The van der Waals surface area contributed by atoms with Gasteiger partial charge in [-0.05, 0) is 31.5 Å². The molecule has 4 rings (SSSR count). The molecule has 0 saturated carbocycles. The van der Waals surface area contributed by atoms with Gasteiger partial charge in [-0.3, -0.25) is 9.97 Å². The Labute approximate surface area is 186 Å². The van der Waals surface area contributed by atoms with E-state index in [1.807, 2.05) is 29.1 Å². The van der Waals surface area contributed by atoms with E-state index in [4.69, 9.17) is 5.11 Å². The Morgan fingerprint density at radius 3 is 2.56 bits per heavy atom. The van der Waals surface area contributed by atoms with Crippen molar-refractivity contribution in [1.82, 2.24) is 19.9 Å². The minimum Gasteiger partial charge on any atom is -0.394 e. The molecule has 3 aromatic heterocycles. The molecule has 1 aromatic carbocycles. The third kappa shape index (κ3) is 4.84. The second-order valence-corrected chi connectivity index (χ2v) is 7.85. The third-order valence-corrected chi connectivity index (χ3v) is 5.12. The average Bonchev–Trinajstić information content (AvgIpc) is 3.26. The summed E-state index contributed by atoms with van der Waals surface area (Å²) < 4.78 is 2.03. The summed E-state index contributed by atoms with van der Waals surface area (Å²) in [5.74, 6) is 1.04. The van der Waals surface area contributed by atoms with Gasteiger partial charge in [0.25, 0.3) is 0 Å². The molecule has 4 aromatic rings. The SMILES string of the molecule is CC(C)[n+]1c[nH]c2c(NCc3ccc(-c4ccccn4)cc3)nc(NC[C@H](O)CO)nc21. The van der Waals surface area contributed by atoms with E-state index in [-0.39, 0.29) is 19.2 Å². The summed E-state index contributed by atoms with van der Waals surface area (Å²) in [4.78, 5) is 16.8. The molecule has 0 spiro atoms. The number of aliphatic hydroxyl groups excluding tert-OH is 2. The molecule has 0 fully saturated rings. The first kappa shape index (κ1) is 21.7. The van der Waals surface area contributed by atoms with Crippen LogP contribution in [0.5, 0.6) is 0 Å². The first-order valence-electron chi connectivity index (χ1n) is 10.6. The second-order valence-electron chi connectivity index (χ2n) is 7.85. The monoisotopic (exact) mass is 434 g/mol. The van der Waals surface area contributed by atoms with Crippen molar-refractivity contribution < 1.29 is 14.8 Å². The molecule has 0 unspecified atom stereocenters. The lowest BCUT2D eigenvalue weighted by Crippen LogP contribution is -2.35.